The predicted octanol–water partition coefficient (Wildman–Crippen LogP) is 6.66. The van der Waals surface area contributed by atoms with Crippen LogP contribution in [-0.2, 0) is 13.2 Å². The van der Waals surface area contributed by atoms with Gasteiger partial charge in [0.2, 0.25) is 0 Å². The average molecular weight is 469 g/mol. The van der Waals surface area contributed by atoms with Crippen molar-refractivity contribution in [2.75, 3.05) is 7.11 Å². The van der Waals surface area contributed by atoms with E-state index in [2.05, 4.69) is 45.5 Å². The first kappa shape index (κ1) is 23.1. The van der Waals surface area contributed by atoms with Crippen molar-refractivity contribution in [3.05, 3.63) is 58.1 Å². The molecule has 0 aliphatic heterocycles. The smallest absolute Gasteiger partial charge is 0.175 e. The number of methoxy groups -OCH3 is 1. The third kappa shape index (κ3) is 6.98. The van der Waals surface area contributed by atoms with Gasteiger partial charge < -0.3 is 14.8 Å². The van der Waals surface area contributed by atoms with Crippen LogP contribution in [-0.4, -0.2) is 13.2 Å². The summed E-state index contributed by atoms with van der Waals surface area (Å²) in [6, 6.07) is 15.0. The van der Waals surface area contributed by atoms with E-state index in [-0.39, 0.29) is 12.4 Å². The molecule has 3 nitrogen and oxygen atoms in total. The van der Waals surface area contributed by atoms with Gasteiger partial charge in [0.05, 0.1) is 11.6 Å². The molecule has 1 aliphatic rings. The van der Waals surface area contributed by atoms with Crippen molar-refractivity contribution in [2.24, 2.45) is 0 Å². The Morgan fingerprint density at radius 3 is 2.32 bits per heavy atom. The van der Waals surface area contributed by atoms with Crippen molar-refractivity contribution in [3.8, 4) is 11.5 Å². The Kier molecular flexibility index (Phi) is 10.2. The molecule has 0 saturated heterocycles. The molecule has 0 unspecified atom stereocenters. The van der Waals surface area contributed by atoms with Crippen LogP contribution < -0.4 is 14.8 Å². The molecule has 0 bridgehead atoms. The van der Waals surface area contributed by atoms with Gasteiger partial charge in [0.1, 0.15) is 6.61 Å². The van der Waals surface area contributed by atoms with Crippen molar-refractivity contribution in [1.29, 1.82) is 0 Å². The summed E-state index contributed by atoms with van der Waals surface area (Å²) in [6.07, 6.45) is 9.43. The van der Waals surface area contributed by atoms with Gasteiger partial charge in [-0.05, 0) is 52.0 Å². The summed E-state index contributed by atoms with van der Waals surface area (Å²) in [5.74, 6) is 1.53. The van der Waals surface area contributed by atoms with Gasteiger partial charge in [0.15, 0.2) is 11.5 Å². The lowest BCUT2D eigenvalue weighted by molar-refractivity contribution is 0.282. The van der Waals surface area contributed by atoms with Crippen LogP contribution in [0, 0.1) is 0 Å². The summed E-state index contributed by atoms with van der Waals surface area (Å²) in [6.45, 7) is 1.38. The summed E-state index contributed by atoms with van der Waals surface area (Å²) < 4.78 is 12.6. The fourth-order valence-corrected chi connectivity index (χ4v) is 4.27. The molecule has 28 heavy (non-hydrogen) atoms. The topological polar surface area (TPSA) is 30.5 Å². The second-order valence-corrected chi connectivity index (χ2v) is 8.16. The minimum atomic E-state index is 0. The van der Waals surface area contributed by atoms with Crippen LogP contribution in [0.5, 0.6) is 11.5 Å². The molecule has 1 fully saturated rings. The molecule has 0 aromatic heterocycles. The number of benzene rings is 2. The molecular formula is C23H31BrClNO2. The quantitative estimate of drug-likeness (QED) is 0.493. The van der Waals surface area contributed by atoms with E-state index in [9.17, 15) is 0 Å². The Hall–Kier alpha value is -1.23. The van der Waals surface area contributed by atoms with Gasteiger partial charge in [-0.3, -0.25) is 0 Å². The summed E-state index contributed by atoms with van der Waals surface area (Å²) in [5.41, 5.74) is 2.36. The minimum Gasteiger partial charge on any atom is -0.493 e. The van der Waals surface area contributed by atoms with Crippen LogP contribution >= 0.6 is 28.3 Å². The highest BCUT2D eigenvalue weighted by Crippen LogP contribution is 2.37. The van der Waals surface area contributed by atoms with Crippen LogP contribution in [0.2, 0.25) is 0 Å². The predicted molar refractivity (Wildman–Crippen MR) is 122 cm³/mol. The molecule has 0 atom stereocenters. The molecule has 1 saturated carbocycles. The van der Waals surface area contributed by atoms with Gasteiger partial charge in [-0.15, -0.1) is 12.4 Å². The summed E-state index contributed by atoms with van der Waals surface area (Å²) in [5, 5.41) is 3.74. The Morgan fingerprint density at radius 2 is 1.64 bits per heavy atom. The minimum absolute atomic E-state index is 0. The SMILES string of the molecule is COc1cc(CNC2CCCCCCC2)cc(Br)c1OCc1ccccc1.Cl. The number of halogens is 2. The molecule has 5 heteroatoms. The van der Waals surface area contributed by atoms with Gasteiger partial charge in [0, 0.05) is 12.6 Å². The first-order valence-corrected chi connectivity index (χ1v) is 10.8. The van der Waals surface area contributed by atoms with Crippen molar-refractivity contribution in [3.63, 3.8) is 0 Å². The number of ether oxygens (including phenoxy) is 2. The Labute approximate surface area is 183 Å². The van der Waals surface area contributed by atoms with E-state index < -0.39 is 0 Å². The van der Waals surface area contributed by atoms with Crippen LogP contribution in [0.4, 0.5) is 0 Å². The maximum absolute atomic E-state index is 6.03. The third-order valence-electron chi connectivity index (χ3n) is 5.22. The van der Waals surface area contributed by atoms with Gasteiger partial charge in [0.25, 0.3) is 0 Å². The molecule has 0 heterocycles. The van der Waals surface area contributed by atoms with Crippen molar-refractivity contribution >= 4 is 28.3 Å². The van der Waals surface area contributed by atoms with Gasteiger partial charge in [-0.25, -0.2) is 0 Å². The molecule has 1 aliphatic carbocycles. The van der Waals surface area contributed by atoms with E-state index >= 15 is 0 Å². The van der Waals surface area contributed by atoms with Crippen LogP contribution in [0.25, 0.3) is 0 Å². The number of nitrogens with one attached hydrogen (secondary N) is 1. The lowest BCUT2D eigenvalue weighted by atomic mass is 9.96. The number of hydrogen-bond acceptors (Lipinski definition) is 3. The van der Waals surface area contributed by atoms with E-state index in [0.29, 0.717) is 12.6 Å². The molecule has 3 rings (SSSR count). The number of rotatable bonds is 7. The molecule has 0 spiro atoms. The van der Waals surface area contributed by atoms with E-state index in [1.165, 1.54) is 50.5 Å². The lowest BCUT2D eigenvalue weighted by Crippen LogP contribution is -2.29. The van der Waals surface area contributed by atoms with Gasteiger partial charge in [-0.1, -0.05) is 62.4 Å². The zero-order valence-corrected chi connectivity index (χ0v) is 19.0. The third-order valence-corrected chi connectivity index (χ3v) is 5.80. The van der Waals surface area contributed by atoms with Crippen LogP contribution in [0.3, 0.4) is 0 Å². The average Bonchev–Trinajstić information content (AvgIpc) is 2.66. The first-order valence-electron chi connectivity index (χ1n) is 10.0. The molecule has 0 amide bonds. The second-order valence-electron chi connectivity index (χ2n) is 7.31. The molecule has 1 N–H and O–H groups in total. The molecular weight excluding hydrogens is 438 g/mol. The molecule has 2 aromatic rings. The zero-order chi connectivity index (χ0) is 18.9. The Bertz CT molecular complexity index is 703. The number of hydrogen-bond donors (Lipinski definition) is 1. The monoisotopic (exact) mass is 467 g/mol. The van der Waals surface area contributed by atoms with Gasteiger partial charge >= 0.3 is 0 Å². The van der Waals surface area contributed by atoms with Crippen molar-refractivity contribution in [1.82, 2.24) is 5.32 Å². The van der Waals surface area contributed by atoms with Gasteiger partial charge in [-0.2, -0.15) is 0 Å². The first-order chi connectivity index (χ1) is 13.3. The molecule has 154 valence electrons. The van der Waals surface area contributed by atoms with Crippen LogP contribution in [0.1, 0.15) is 56.1 Å². The van der Waals surface area contributed by atoms with Crippen molar-refractivity contribution in [2.45, 2.75) is 64.1 Å². The van der Waals surface area contributed by atoms with E-state index in [0.717, 1.165) is 28.1 Å². The highest BCUT2D eigenvalue weighted by atomic mass is 79.9. The standard InChI is InChI=1S/C23H30BrNO2.ClH/c1-26-22-15-19(16-25-20-12-8-3-2-4-9-13-20)14-21(24)23(22)27-17-18-10-6-5-7-11-18;/h5-7,10-11,14-15,20,25H,2-4,8-9,12-13,16-17H2,1H3;1H. The summed E-state index contributed by atoms with van der Waals surface area (Å²) >= 11 is 3.67. The summed E-state index contributed by atoms with van der Waals surface area (Å²) in [7, 11) is 1.70. The maximum Gasteiger partial charge on any atom is 0.175 e. The highest BCUT2D eigenvalue weighted by molar-refractivity contribution is 9.10. The second kappa shape index (κ2) is 12.4. The van der Waals surface area contributed by atoms with E-state index in [4.69, 9.17) is 9.47 Å². The largest absolute Gasteiger partial charge is 0.493 e. The fourth-order valence-electron chi connectivity index (χ4n) is 3.67. The van der Waals surface area contributed by atoms with Crippen LogP contribution in [0.15, 0.2) is 46.9 Å². The maximum atomic E-state index is 6.03. The van der Waals surface area contributed by atoms with Crippen molar-refractivity contribution < 1.29 is 9.47 Å². The normalized spacial score (nSPS) is 15.2. The molecule has 2 aromatic carbocycles. The Morgan fingerprint density at radius 1 is 0.964 bits per heavy atom. The highest BCUT2D eigenvalue weighted by Gasteiger charge is 2.14. The summed E-state index contributed by atoms with van der Waals surface area (Å²) in [4.78, 5) is 0. The zero-order valence-electron chi connectivity index (χ0n) is 16.6. The Balaban J connectivity index is 0.00000280. The lowest BCUT2D eigenvalue weighted by Gasteiger charge is -2.21. The van der Waals surface area contributed by atoms with E-state index in [1.54, 1.807) is 7.11 Å². The fraction of sp³-hybridized carbons (Fsp3) is 0.478. The molecule has 0 radical (unpaired) electrons. The van der Waals surface area contributed by atoms with E-state index in [1.807, 2.05) is 18.2 Å².